The zero-order valence-corrected chi connectivity index (χ0v) is 14.1. The van der Waals surface area contributed by atoms with Crippen molar-refractivity contribution >= 4 is 10.8 Å². The van der Waals surface area contributed by atoms with Crippen LogP contribution in [0.15, 0.2) is 85.6 Å². The molecular formula is C22H24N2. The largest absolute Gasteiger partial charge is 0.381 e. The normalized spacial score (nSPS) is 13.4. The Bertz CT molecular complexity index is 810. The second-order valence-corrected chi connectivity index (χ2v) is 6.33. The average Bonchev–Trinajstić information content (AvgIpc) is 2.62. The van der Waals surface area contributed by atoms with E-state index in [0.29, 0.717) is 0 Å². The van der Waals surface area contributed by atoms with Crippen LogP contribution in [-0.2, 0) is 12.1 Å². The van der Waals surface area contributed by atoms with E-state index in [4.69, 9.17) is 0 Å². The lowest BCUT2D eigenvalue weighted by molar-refractivity contribution is 0.387. The summed E-state index contributed by atoms with van der Waals surface area (Å²) < 4.78 is 0. The standard InChI is InChI=1S/C22H24N2/c1-3-24-22(2,17-23-16-18-9-5-4-6-10-18)21-14-13-19-11-7-8-12-20(19)15-21/h3-15,23-24H,1,16-17H2,2H3. The number of benzene rings is 3. The predicted molar refractivity (Wildman–Crippen MR) is 103 cm³/mol. The minimum Gasteiger partial charge on any atom is -0.381 e. The van der Waals surface area contributed by atoms with E-state index < -0.39 is 0 Å². The Morgan fingerprint density at radius 3 is 2.38 bits per heavy atom. The second kappa shape index (κ2) is 7.33. The molecule has 24 heavy (non-hydrogen) atoms. The van der Waals surface area contributed by atoms with Crippen LogP contribution in [0.2, 0.25) is 0 Å². The third kappa shape index (κ3) is 3.66. The van der Waals surface area contributed by atoms with Gasteiger partial charge in [-0.25, -0.2) is 0 Å². The molecule has 3 rings (SSSR count). The summed E-state index contributed by atoms with van der Waals surface area (Å²) in [5.41, 5.74) is 2.33. The molecular weight excluding hydrogens is 292 g/mol. The maximum absolute atomic E-state index is 3.86. The van der Waals surface area contributed by atoms with Crippen molar-refractivity contribution < 1.29 is 0 Å². The summed E-state index contributed by atoms with van der Waals surface area (Å²) >= 11 is 0. The molecule has 0 heterocycles. The van der Waals surface area contributed by atoms with Crippen molar-refractivity contribution in [2.75, 3.05) is 6.54 Å². The van der Waals surface area contributed by atoms with Crippen molar-refractivity contribution in [2.24, 2.45) is 0 Å². The van der Waals surface area contributed by atoms with Crippen molar-refractivity contribution in [1.82, 2.24) is 10.6 Å². The van der Waals surface area contributed by atoms with Crippen LogP contribution in [0.1, 0.15) is 18.1 Å². The van der Waals surface area contributed by atoms with Gasteiger partial charge in [0.05, 0.1) is 5.54 Å². The average molecular weight is 316 g/mol. The van der Waals surface area contributed by atoms with Crippen LogP contribution >= 0.6 is 0 Å². The molecule has 0 amide bonds. The zero-order chi connectivity index (χ0) is 16.8. The smallest absolute Gasteiger partial charge is 0.0716 e. The van der Waals surface area contributed by atoms with Crippen molar-refractivity contribution in [3.63, 3.8) is 0 Å². The second-order valence-electron chi connectivity index (χ2n) is 6.33. The third-order valence-electron chi connectivity index (χ3n) is 4.46. The molecule has 2 heteroatoms. The molecule has 1 unspecified atom stereocenters. The van der Waals surface area contributed by atoms with Crippen molar-refractivity contribution in [1.29, 1.82) is 0 Å². The van der Waals surface area contributed by atoms with Gasteiger partial charge in [0, 0.05) is 13.1 Å². The van der Waals surface area contributed by atoms with E-state index in [1.165, 1.54) is 21.9 Å². The van der Waals surface area contributed by atoms with Gasteiger partial charge in [0.25, 0.3) is 0 Å². The number of hydrogen-bond donors (Lipinski definition) is 2. The Labute approximate surface area is 144 Å². The number of nitrogens with one attached hydrogen (secondary N) is 2. The Hall–Kier alpha value is -2.58. The molecule has 122 valence electrons. The molecule has 0 bridgehead atoms. The predicted octanol–water partition coefficient (Wildman–Crippen LogP) is 4.58. The number of fused-ring (bicyclic) bond motifs is 1. The molecule has 3 aromatic carbocycles. The van der Waals surface area contributed by atoms with Crippen LogP contribution in [0.3, 0.4) is 0 Å². The maximum atomic E-state index is 3.86. The van der Waals surface area contributed by atoms with Gasteiger partial charge in [-0.2, -0.15) is 0 Å². The molecule has 2 nitrogen and oxygen atoms in total. The van der Waals surface area contributed by atoms with Crippen LogP contribution in [0.25, 0.3) is 10.8 Å². The van der Waals surface area contributed by atoms with Crippen LogP contribution < -0.4 is 10.6 Å². The summed E-state index contributed by atoms with van der Waals surface area (Å²) in [4.78, 5) is 0. The first-order chi connectivity index (χ1) is 11.7. The summed E-state index contributed by atoms with van der Waals surface area (Å²) in [6.07, 6.45) is 1.78. The van der Waals surface area contributed by atoms with E-state index in [9.17, 15) is 0 Å². The quantitative estimate of drug-likeness (QED) is 0.667. The monoisotopic (exact) mass is 316 g/mol. The van der Waals surface area contributed by atoms with Crippen LogP contribution in [0.4, 0.5) is 0 Å². The highest BCUT2D eigenvalue weighted by Gasteiger charge is 2.24. The van der Waals surface area contributed by atoms with E-state index in [0.717, 1.165) is 13.1 Å². The molecule has 3 aromatic rings. The summed E-state index contributed by atoms with van der Waals surface area (Å²) in [7, 11) is 0. The highest BCUT2D eigenvalue weighted by molar-refractivity contribution is 5.83. The van der Waals surface area contributed by atoms with Gasteiger partial charge < -0.3 is 10.6 Å². The fourth-order valence-electron chi connectivity index (χ4n) is 3.05. The molecule has 0 saturated carbocycles. The molecule has 0 radical (unpaired) electrons. The Morgan fingerprint density at radius 1 is 0.917 bits per heavy atom. The lowest BCUT2D eigenvalue weighted by atomic mass is 9.90. The van der Waals surface area contributed by atoms with E-state index >= 15 is 0 Å². The molecule has 0 spiro atoms. The first-order valence-electron chi connectivity index (χ1n) is 8.34. The van der Waals surface area contributed by atoms with Gasteiger partial charge in [0.15, 0.2) is 0 Å². The van der Waals surface area contributed by atoms with E-state index in [-0.39, 0.29) is 5.54 Å². The first-order valence-corrected chi connectivity index (χ1v) is 8.34. The van der Waals surface area contributed by atoms with Gasteiger partial charge in [-0.05, 0) is 41.1 Å². The molecule has 2 N–H and O–H groups in total. The van der Waals surface area contributed by atoms with Gasteiger partial charge in [0.1, 0.15) is 0 Å². The fraction of sp³-hybridized carbons (Fsp3) is 0.182. The van der Waals surface area contributed by atoms with Crippen molar-refractivity contribution in [2.45, 2.75) is 19.0 Å². The number of hydrogen-bond acceptors (Lipinski definition) is 2. The fourth-order valence-corrected chi connectivity index (χ4v) is 3.05. The van der Waals surface area contributed by atoms with Crippen molar-refractivity contribution in [3.05, 3.63) is 96.7 Å². The van der Waals surface area contributed by atoms with E-state index in [1.54, 1.807) is 6.20 Å². The zero-order valence-electron chi connectivity index (χ0n) is 14.1. The van der Waals surface area contributed by atoms with Gasteiger partial charge in [-0.15, -0.1) is 0 Å². The molecule has 0 aliphatic carbocycles. The minimum absolute atomic E-state index is 0.208. The molecule has 1 atom stereocenters. The highest BCUT2D eigenvalue weighted by atomic mass is 15.0. The van der Waals surface area contributed by atoms with Crippen LogP contribution in [-0.4, -0.2) is 6.54 Å². The third-order valence-corrected chi connectivity index (χ3v) is 4.46. The van der Waals surface area contributed by atoms with Crippen molar-refractivity contribution in [3.8, 4) is 0 Å². The van der Waals surface area contributed by atoms with Gasteiger partial charge in [-0.3, -0.25) is 0 Å². The van der Waals surface area contributed by atoms with Crippen LogP contribution in [0.5, 0.6) is 0 Å². The Morgan fingerprint density at radius 2 is 1.62 bits per heavy atom. The van der Waals surface area contributed by atoms with E-state index in [2.05, 4.69) is 90.9 Å². The summed E-state index contributed by atoms with van der Waals surface area (Å²) in [6, 6.07) is 25.6. The topological polar surface area (TPSA) is 24.1 Å². The molecule has 0 aromatic heterocycles. The minimum atomic E-state index is -0.208. The van der Waals surface area contributed by atoms with Gasteiger partial charge >= 0.3 is 0 Å². The van der Waals surface area contributed by atoms with E-state index in [1.807, 2.05) is 6.07 Å². The maximum Gasteiger partial charge on any atom is 0.0716 e. The molecule has 0 fully saturated rings. The number of rotatable bonds is 7. The molecule has 0 saturated heterocycles. The lowest BCUT2D eigenvalue weighted by Gasteiger charge is -2.31. The van der Waals surface area contributed by atoms with Gasteiger partial charge in [0.2, 0.25) is 0 Å². The summed E-state index contributed by atoms with van der Waals surface area (Å²) in [5.74, 6) is 0. The Balaban J connectivity index is 1.79. The van der Waals surface area contributed by atoms with Crippen LogP contribution in [0, 0.1) is 0 Å². The summed E-state index contributed by atoms with van der Waals surface area (Å²) in [5, 5.41) is 9.51. The highest BCUT2D eigenvalue weighted by Crippen LogP contribution is 2.25. The molecule has 0 aliphatic heterocycles. The SMILES string of the molecule is C=CNC(C)(CNCc1ccccc1)c1ccc2ccccc2c1. The lowest BCUT2D eigenvalue weighted by Crippen LogP contribution is -2.45. The molecule has 0 aliphatic rings. The first kappa shape index (κ1) is 16.3. The Kier molecular flexibility index (Phi) is 4.97. The van der Waals surface area contributed by atoms with Gasteiger partial charge in [-0.1, -0.05) is 73.3 Å². The summed E-state index contributed by atoms with van der Waals surface area (Å²) in [6.45, 7) is 7.73.